The highest BCUT2D eigenvalue weighted by atomic mass is 16.6. The van der Waals surface area contributed by atoms with E-state index in [0.29, 0.717) is 42.3 Å². The normalized spacial score (nSPS) is 21.0. The number of nitro benzene ring substituents is 1. The van der Waals surface area contributed by atoms with Crippen LogP contribution in [0.5, 0.6) is 0 Å². The largest absolute Gasteiger partial charge is 0.383 e. The number of nitrogens with zero attached hydrogens (tertiary/aromatic N) is 2. The van der Waals surface area contributed by atoms with Crippen LogP contribution in [-0.2, 0) is 9.53 Å². The van der Waals surface area contributed by atoms with Crippen LogP contribution in [0.25, 0.3) is 5.57 Å². The van der Waals surface area contributed by atoms with Gasteiger partial charge in [0.1, 0.15) is 0 Å². The summed E-state index contributed by atoms with van der Waals surface area (Å²) < 4.78 is 5.41. The average Bonchev–Trinajstić information content (AvgIpc) is 2.79. The minimum Gasteiger partial charge on any atom is -0.383 e. The monoisotopic (exact) mass is 303 g/mol. The molecule has 2 aliphatic rings. The van der Waals surface area contributed by atoms with Crippen molar-refractivity contribution < 1.29 is 14.5 Å². The third-order valence-corrected chi connectivity index (χ3v) is 3.80. The lowest BCUT2D eigenvalue weighted by molar-refractivity contribution is -0.384. The third-order valence-electron chi connectivity index (χ3n) is 3.80. The fourth-order valence-corrected chi connectivity index (χ4v) is 2.86. The van der Waals surface area contributed by atoms with E-state index in [9.17, 15) is 14.9 Å². The minimum atomic E-state index is -0.449. The standard InChI is InChI=1S/C15H17N3O4/c1-9(2)17-13-4-3-10(18(20)21)7-11(13)14(15(17)19)12-8-22-6-5-16-12/h3-4,7,9,16H,5-6,8H2,1-2H3/b14-12-. The molecule has 2 aliphatic heterocycles. The average molecular weight is 303 g/mol. The zero-order valence-electron chi connectivity index (χ0n) is 12.5. The van der Waals surface area contributed by atoms with Gasteiger partial charge in [-0.3, -0.25) is 14.9 Å². The summed E-state index contributed by atoms with van der Waals surface area (Å²) in [6.45, 7) is 5.36. The van der Waals surface area contributed by atoms with Crippen molar-refractivity contribution in [3.05, 3.63) is 39.6 Å². The summed E-state index contributed by atoms with van der Waals surface area (Å²) in [6, 6.07) is 4.51. The molecule has 1 aromatic carbocycles. The molecular formula is C15H17N3O4. The molecule has 7 nitrogen and oxygen atoms in total. The summed E-state index contributed by atoms with van der Waals surface area (Å²) in [5.41, 5.74) is 2.46. The van der Waals surface area contributed by atoms with Gasteiger partial charge in [-0.05, 0) is 19.9 Å². The molecule has 0 radical (unpaired) electrons. The van der Waals surface area contributed by atoms with Gasteiger partial charge in [0.15, 0.2) is 0 Å². The molecule has 2 heterocycles. The molecule has 22 heavy (non-hydrogen) atoms. The molecule has 7 heteroatoms. The second kappa shape index (κ2) is 5.42. The van der Waals surface area contributed by atoms with Crippen LogP contribution < -0.4 is 10.2 Å². The van der Waals surface area contributed by atoms with E-state index in [0.717, 1.165) is 0 Å². The third kappa shape index (κ3) is 2.23. The van der Waals surface area contributed by atoms with Crippen LogP contribution in [0.4, 0.5) is 11.4 Å². The van der Waals surface area contributed by atoms with Crippen LogP contribution in [-0.4, -0.2) is 36.6 Å². The van der Waals surface area contributed by atoms with E-state index in [1.165, 1.54) is 12.1 Å². The summed E-state index contributed by atoms with van der Waals surface area (Å²) in [5.74, 6) is -0.140. The van der Waals surface area contributed by atoms with Crippen molar-refractivity contribution in [2.45, 2.75) is 19.9 Å². The van der Waals surface area contributed by atoms with Crippen molar-refractivity contribution >= 4 is 22.9 Å². The molecule has 3 rings (SSSR count). The predicted molar refractivity (Wildman–Crippen MR) is 81.5 cm³/mol. The maximum Gasteiger partial charge on any atom is 0.270 e. The lowest BCUT2D eigenvalue weighted by Gasteiger charge is -2.22. The topological polar surface area (TPSA) is 84.7 Å². The number of rotatable bonds is 2. The first-order chi connectivity index (χ1) is 10.5. The molecule has 0 unspecified atom stereocenters. The van der Waals surface area contributed by atoms with Crippen LogP contribution in [0.1, 0.15) is 19.4 Å². The predicted octanol–water partition coefficient (Wildman–Crippen LogP) is 1.68. The van der Waals surface area contributed by atoms with E-state index in [1.807, 2.05) is 13.8 Å². The Kier molecular flexibility index (Phi) is 3.58. The Balaban J connectivity index is 2.19. The number of fused-ring (bicyclic) bond motifs is 1. The van der Waals surface area contributed by atoms with Gasteiger partial charge >= 0.3 is 0 Å². The number of ether oxygens (including phenoxy) is 1. The van der Waals surface area contributed by atoms with Gasteiger partial charge in [0, 0.05) is 30.3 Å². The van der Waals surface area contributed by atoms with Crippen molar-refractivity contribution in [1.29, 1.82) is 0 Å². The Hall–Kier alpha value is -2.41. The highest BCUT2D eigenvalue weighted by Gasteiger charge is 2.37. The lowest BCUT2D eigenvalue weighted by atomic mass is 10.0. The molecule has 0 aliphatic carbocycles. The minimum absolute atomic E-state index is 0.0213. The molecule has 0 atom stereocenters. The van der Waals surface area contributed by atoms with Crippen molar-refractivity contribution in [3.8, 4) is 0 Å². The van der Waals surface area contributed by atoms with Crippen LogP contribution >= 0.6 is 0 Å². The highest BCUT2D eigenvalue weighted by molar-refractivity contribution is 6.33. The maximum atomic E-state index is 12.8. The SMILES string of the molecule is CC(C)N1C(=O)/C(=C2/COCCN2)c2cc([N+](=O)[O-])ccc21. The van der Waals surface area contributed by atoms with Gasteiger partial charge in [0.05, 0.1) is 35.1 Å². The summed E-state index contributed by atoms with van der Waals surface area (Å²) in [5, 5.41) is 14.2. The zero-order chi connectivity index (χ0) is 15.9. The van der Waals surface area contributed by atoms with Gasteiger partial charge in [-0.15, -0.1) is 0 Å². The molecule has 1 amide bonds. The van der Waals surface area contributed by atoms with Gasteiger partial charge in [-0.25, -0.2) is 0 Å². The zero-order valence-corrected chi connectivity index (χ0v) is 12.5. The molecule has 1 saturated heterocycles. The van der Waals surface area contributed by atoms with Crippen molar-refractivity contribution in [1.82, 2.24) is 5.32 Å². The second-order valence-corrected chi connectivity index (χ2v) is 5.56. The van der Waals surface area contributed by atoms with Gasteiger partial charge in [-0.1, -0.05) is 0 Å². The molecule has 1 aromatic rings. The fourth-order valence-electron chi connectivity index (χ4n) is 2.86. The number of carbonyl (C=O) groups excluding carboxylic acids is 1. The number of benzene rings is 1. The Morgan fingerprint density at radius 3 is 2.77 bits per heavy atom. The number of nitrogens with one attached hydrogen (secondary N) is 1. The number of hydrogen-bond donors (Lipinski definition) is 1. The quantitative estimate of drug-likeness (QED) is 0.510. The molecule has 0 aromatic heterocycles. The van der Waals surface area contributed by atoms with Gasteiger partial charge in [0.2, 0.25) is 0 Å². The van der Waals surface area contributed by atoms with Crippen LogP contribution in [0, 0.1) is 10.1 Å². The van der Waals surface area contributed by atoms with Gasteiger partial charge in [0.25, 0.3) is 11.6 Å². The number of amides is 1. The van der Waals surface area contributed by atoms with E-state index in [4.69, 9.17) is 4.74 Å². The van der Waals surface area contributed by atoms with E-state index < -0.39 is 4.92 Å². The highest BCUT2D eigenvalue weighted by Crippen LogP contribution is 2.41. The number of morpholine rings is 1. The van der Waals surface area contributed by atoms with E-state index in [1.54, 1.807) is 11.0 Å². The van der Waals surface area contributed by atoms with Crippen LogP contribution in [0.2, 0.25) is 0 Å². The van der Waals surface area contributed by atoms with Crippen molar-refractivity contribution in [2.75, 3.05) is 24.7 Å². The molecular weight excluding hydrogens is 286 g/mol. The van der Waals surface area contributed by atoms with E-state index in [2.05, 4.69) is 5.32 Å². The lowest BCUT2D eigenvalue weighted by Crippen LogP contribution is -2.35. The molecule has 0 bridgehead atoms. The molecule has 0 spiro atoms. The van der Waals surface area contributed by atoms with Gasteiger partial charge in [-0.2, -0.15) is 0 Å². The summed E-state index contributed by atoms with van der Waals surface area (Å²) in [6.07, 6.45) is 0. The molecule has 116 valence electrons. The smallest absolute Gasteiger partial charge is 0.270 e. The van der Waals surface area contributed by atoms with Crippen molar-refractivity contribution in [3.63, 3.8) is 0 Å². The van der Waals surface area contributed by atoms with E-state index in [-0.39, 0.29) is 17.6 Å². The Morgan fingerprint density at radius 1 is 1.41 bits per heavy atom. The fraction of sp³-hybridized carbons (Fsp3) is 0.400. The Bertz CT molecular complexity index is 673. The number of nitro groups is 1. The first kappa shape index (κ1) is 14.5. The van der Waals surface area contributed by atoms with Crippen molar-refractivity contribution in [2.24, 2.45) is 0 Å². The number of hydrogen-bond acceptors (Lipinski definition) is 5. The number of non-ortho nitro benzene ring substituents is 1. The first-order valence-corrected chi connectivity index (χ1v) is 7.18. The van der Waals surface area contributed by atoms with Gasteiger partial charge < -0.3 is 15.0 Å². The van der Waals surface area contributed by atoms with E-state index >= 15 is 0 Å². The Labute approximate surface area is 127 Å². The second-order valence-electron chi connectivity index (χ2n) is 5.56. The molecule has 0 saturated carbocycles. The summed E-state index contributed by atoms with van der Waals surface area (Å²) in [7, 11) is 0. The van der Waals surface area contributed by atoms with Crippen LogP contribution in [0.15, 0.2) is 23.9 Å². The summed E-state index contributed by atoms with van der Waals surface area (Å²) in [4.78, 5) is 25.0. The molecule has 1 fully saturated rings. The number of carbonyl (C=O) groups is 1. The Morgan fingerprint density at radius 2 is 2.18 bits per heavy atom. The first-order valence-electron chi connectivity index (χ1n) is 7.18. The number of anilines is 1. The summed E-state index contributed by atoms with van der Waals surface area (Å²) >= 11 is 0. The molecule has 1 N–H and O–H groups in total. The maximum absolute atomic E-state index is 12.8. The van der Waals surface area contributed by atoms with Crippen LogP contribution in [0.3, 0.4) is 0 Å².